The molecule has 1 aliphatic heterocycles. The second-order valence-electron chi connectivity index (χ2n) is 7.13. The highest BCUT2D eigenvalue weighted by Gasteiger charge is 2.27. The predicted molar refractivity (Wildman–Crippen MR) is 110 cm³/mol. The number of morpholine rings is 1. The molecule has 1 amide bonds. The lowest BCUT2D eigenvalue weighted by Crippen LogP contribution is -2.48. The van der Waals surface area contributed by atoms with E-state index in [-0.39, 0.29) is 18.6 Å². The molecule has 1 heterocycles. The summed E-state index contributed by atoms with van der Waals surface area (Å²) >= 11 is 0. The lowest BCUT2D eigenvalue weighted by molar-refractivity contribution is -0.156. The summed E-state index contributed by atoms with van der Waals surface area (Å²) in [6, 6.07) is 6.95. The van der Waals surface area contributed by atoms with Crippen molar-refractivity contribution in [3.63, 3.8) is 0 Å². The van der Waals surface area contributed by atoms with Gasteiger partial charge in [-0.25, -0.2) is 4.79 Å². The van der Waals surface area contributed by atoms with Gasteiger partial charge in [-0.05, 0) is 32.0 Å². The topological polar surface area (TPSA) is 95.6 Å². The Morgan fingerprint density at radius 3 is 2.53 bits per heavy atom. The highest BCUT2D eigenvalue weighted by molar-refractivity contribution is 5.76. The third kappa shape index (κ3) is 7.07. The average molecular weight is 424 g/mol. The van der Waals surface area contributed by atoms with Crippen molar-refractivity contribution in [2.75, 3.05) is 46.8 Å². The Balaban J connectivity index is 1.77. The van der Waals surface area contributed by atoms with Gasteiger partial charge < -0.3 is 33.9 Å². The second kappa shape index (κ2) is 12.2. The molecule has 0 radical (unpaired) electrons. The summed E-state index contributed by atoms with van der Waals surface area (Å²) in [6.45, 7) is 7.16. The molecule has 1 saturated heterocycles. The lowest BCUT2D eigenvalue weighted by Gasteiger charge is -2.32. The van der Waals surface area contributed by atoms with Crippen LogP contribution in [0.5, 0.6) is 11.5 Å². The van der Waals surface area contributed by atoms with Crippen molar-refractivity contribution in [2.45, 2.75) is 32.9 Å². The van der Waals surface area contributed by atoms with Gasteiger partial charge in [0, 0.05) is 6.54 Å². The van der Waals surface area contributed by atoms with Crippen molar-refractivity contribution in [1.82, 2.24) is 10.2 Å². The molecule has 1 N–H and O–H groups in total. The minimum absolute atomic E-state index is 0.0612. The first-order chi connectivity index (χ1) is 14.5. The van der Waals surface area contributed by atoms with Crippen LogP contribution in [0, 0.1) is 5.92 Å². The van der Waals surface area contributed by atoms with Gasteiger partial charge in [-0.15, -0.1) is 0 Å². The number of amides is 1. The molecule has 0 aromatic heterocycles. The van der Waals surface area contributed by atoms with Crippen molar-refractivity contribution >= 4 is 12.1 Å². The van der Waals surface area contributed by atoms with Gasteiger partial charge in [0.15, 0.2) is 11.5 Å². The molecule has 1 aromatic rings. The van der Waals surface area contributed by atoms with E-state index in [2.05, 4.69) is 5.32 Å². The molecular weight excluding hydrogens is 392 g/mol. The normalized spacial score (nSPS) is 17.4. The molecule has 0 saturated carbocycles. The van der Waals surface area contributed by atoms with Crippen LogP contribution in [0.1, 0.15) is 20.8 Å². The molecule has 0 aliphatic carbocycles. The Morgan fingerprint density at radius 1 is 1.20 bits per heavy atom. The van der Waals surface area contributed by atoms with E-state index in [4.69, 9.17) is 23.7 Å². The first kappa shape index (κ1) is 23.8. The zero-order valence-corrected chi connectivity index (χ0v) is 18.1. The van der Waals surface area contributed by atoms with E-state index in [1.165, 1.54) is 4.90 Å². The number of carbonyl (C=O) groups excluding carboxylic acids is 2. The zero-order valence-electron chi connectivity index (χ0n) is 18.1. The summed E-state index contributed by atoms with van der Waals surface area (Å²) in [6.07, 6.45) is -0.866. The van der Waals surface area contributed by atoms with E-state index in [0.717, 1.165) is 0 Å². The maximum Gasteiger partial charge on any atom is 0.412 e. The first-order valence-electron chi connectivity index (χ1n) is 10.2. The number of carbonyl (C=O) groups is 2. The first-order valence-corrected chi connectivity index (χ1v) is 10.2. The summed E-state index contributed by atoms with van der Waals surface area (Å²) in [4.78, 5) is 25.8. The van der Waals surface area contributed by atoms with Crippen LogP contribution in [0.4, 0.5) is 4.79 Å². The van der Waals surface area contributed by atoms with Crippen LogP contribution in [0.15, 0.2) is 24.3 Å². The quantitative estimate of drug-likeness (QED) is 0.450. The van der Waals surface area contributed by atoms with Crippen molar-refractivity contribution in [1.29, 1.82) is 0 Å². The van der Waals surface area contributed by atoms with E-state index >= 15 is 0 Å². The summed E-state index contributed by atoms with van der Waals surface area (Å²) in [7, 11) is 1.68. The largest absolute Gasteiger partial charge is 0.490 e. The monoisotopic (exact) mass is 424 g/mol. The van der Waals surface area contributed by atoms with E-state index < -0.39 is 24.9 Å². The number of para-hydroxylation sites is 2. The minimum atomic E-state index is -0.559. The summed E-state index contributed by atoms with van der Waals surface area (Å²) in [5.74, 6) is 0.890. The van der Waals surface area contributed by atoms with Gasteiger partial charge >= 0.3 is 12.1 Å². The Bertz CT molecular complexity index is 683. The van der Waals surface area contributed by atoms with Gasteiger partial charge in [-0.3, -0.25) is 4.79 Å². The fraction of sp³-hybridized carbons (Fsp3) is 0.619. The smallest absolute Gasteiger partial charge is 0.412 e. The molecule has 9 nitrogen and oxygen atoms in total. The fourth-order valence-corrected chi connectivity index (χ4v) is 3.06. The molecule has 0 spiro atoms. The van der Waals surface area contributed by atoms with Gasteiger partial charge in [-0.1, -0.05) is 26.0 Å². The van der Waals surface area contributed by atoms with Crippen molar-refractivity contribution in [2.24, 2.45) is 5.92 Å². The predicted octanol–water partition coefficient (Wildman–Crippen LogP) is 2.05. The lowest BCUT2D eigenvalue weighted by atomic mass is 10.1. The summed E-state index contributed by atoms with van der Waals surface area (Å²) < 4.78 is 27.2. The van der Waals surface area contributed by atoms with Crippen LogP contribution in [0.3, 0.4) is 0 Å². The average Bonchev–Trinajstić information content (AvgIpc) is 2.73. The highest BCUT2D eigenvalue weighted by Crippen LogP contribution is 2.26. The van der Waals surface area contributed by atoms with E-state index in [1.807, 2.05) is 45.0 Å². The molecule has 9 heteroatoms. The molecule has 2 atom stereocenters. The molecule has 1 unspecified atom stereocenters. The zero-order chi connectivity index (χ0) is 21.9. The SMILES string of the molecule is CCOc1ccccc1OCC1CN(C(=O)OCOC(=O)[C@H](NC)C(C)C)CCO1. The molecule has 168 valence electrons. The van der Waals surface area contributed by atoms with Crippen LogP contribution in [0.25, 0.3) is 0 Å². The van der Waals surface area contributed by atoms with Crippen LogP contribution < -0.4 is 14.8 Å². The number of ether oxygens (including phenoxy) is 5. The van der Waals surface area contributed by atoms with E-state index in [0.29, 0.717) is 37.8 Å². The Kier molecular flexibility index (Phi) is 9.69. The number of likely N-dealkylation sites (N-methyl/N-ethyl adjacent to an activating group) is 1. The minimum Gasteiger partial charge on any atom is -0.490 e. The Labute approximate surface area is 177 Å². The molecule has 2 rings (SSSR count). The van der Waals surface area contributed by atoms with Crippen molar-refractivity contribution < 1.29 is 33.3 Å². The molecule has 1 aliphatic rings. The number of hydrogen-bond donors (Lipinski definition) is 1. The van der Waals surface area contributed by atoms with Crippen LogP contribution in [-0.4, -0.2) is 75.9 Å². The van der Waals surface area contributed by atoms with Gasteiger partial charge in [0.1, 0.15) is 18.8 Å². The number of esters is 1. The van der Waals surface area contributed by atoms with Crippen molar-refractivity contribution in [3.8, 4) is 11.5 Å². The van der Waals surface area contributed by atoms with Crippen LogP contribution in [0.2, 0.25) is 0 Å². The molecule has 0 bridgehead atoms. The highest BCUT2D eigenvalue weighted by atomic mass is 16.7. The Hall–Kier alpha value is -2.52. The van der Waals surface area contributed by atoms with E-state index in [9.17, 15) is 9.59 Å². The number of rotatable bonds is 10. The van der Waals surface area contributed by atoms with Crippen LogP contribution in [-0.2, 0) is 19.0 Å². The maximum absolute atomic E-state index is 12.3. The molecule has 30 heavy (non-hydrogen) atoms. The van der Waals surface area contributed by atoms with E-state index in [1.54, 1.807) is 7.05 Å². The number of nitrogens with one attached hydrogen (secondary N) is 1. The molecular formula is C21H32N2O7. The molecule has 1 fully saturated rings. The third-order valence-corrected chi connectivity index (χ3v) is 4.59. The third-order valence-electron chi connectivity index (χ3n) is 4.59. The van der Waals surface area contributed by atoms with Gasteiger partial charge in [0.25, 0.3) is 0 Å². The fourth-order valence-electron chi connectivity index (χ4n) is 3.06. The number of nitrogens with zero attached hydrogens (tertiary/aromatic N) is 1. The van der Waals surface area contributed by atoms with Gasteiger partial charge in [0.05, 0.1) is 19.8 Å². The Morgan fingerprint density at radius 2 is 1.90 bits per heavy atom. The standard InChI is InChI=1S/C21H32N2O7/c1-5-26-17-8-6-7-9-18(17)28-13-16-12-23(10-11-27-16)21(25)30-14-29-20(24)19(22-4)15(2)3/h6-9,15-16,19,22H,5,10-14H2,1-4H3/t16?,19-/m1/s1. The van der Waals surface area contributed by atoms with Crippen molar-refractivity contribution in [3.05, 3.63) is 24.3 Å². The maximum atomic E-state index is 12.3. The van der Waals surface area contributed by atoms with Crippen LogP contribution >= 0.6 is 0 Å². The van der Waals surface area contributed by atoms with Gasteiger partial charge in [0.2, 0.25) is 6.79 Å². The summed E-state index contributed by atoms with van der Waals surface area (Å²) in [5, 5.41) is 2.88. The van der Waals surface area contributed by atoms with Gasteiger partial charge in [-0.2, -0.15) is 0 Å². The number of hydrogen-bond acceptors (Lipinski definition) is 8. The summed E-state index contributed by atoms with van der Waals surface area (Å²) in [5.41, 5.74) is 0. The second-order valence-corrected chi connectivity index (χ2v) is 7.13. The molecule has 1 aromatic carbocycles. The number of benzene rings is 1.